The van der Waals surface area contributed by atoms with Crippen LogP contribution in [-0.2, 0) is 0 Å². The fraction of sp³-hybridized carbons (Fsp3) is 0.0606. The molecule has 0 radical (unpaired) electrons. The lowest BCUT2D eigenvalue weighted by atomic mass is 9.87. The zero-order valence-electron chi connectivity index (χ0n) is 39.5. The highest BCUT2D eigenvalue weighted by Crippen LogP contribution is 2.52. The van der Waals surface area contributed by atoms with E-state index in [4.69, 9.17) is 8.83 Å². The van der Waals surface area contributed by atoms with Crippen LogP contribution in [0.3, 0.4) is 0 Å². The van der Waals surface area contributed by atoms with Crippen LogP contribution in [-0.4, -0.2) is 0 Å². The van der Waals surface area contributed by atoms with Crippen molar-refractivity contribution in [1.82, 2.24) is 0 Å². The second-order valence-corrected chi connectivity index (χ2v) is 18.6. The summed E-state index contributed by atoms with van der Waals surface area (Å²) in [6.07, 6.45) is 0. The molecular weight excluding hydrogens is 853 g/mol. The summed E-state index contributed by atoms with van der Waals surface area (Å²) < 4.78 is 14.4. The molecule has 2 heterocycles. The second kappa shape index (κ2) is 16.4. The van der Waals surface area contributed by atoms with Gasteiger partial charge < -0.3 is 18.6 Å². The molecule has 0 N–H and O–H groups in total. The Morgan fingerprint density at radius 1 is 0.314 bits per heavy atom. The van der Waals surface area contributed by atoms with Gasteiger partial charge in [0.25, 0.3) is 0 Å². The van der Waals surface area contributed by atoms with Crippen LogP contribution in [0.15, 0.2) is 227 Å². The van der Waals surface area contributed by atoms with E-state index in [1.807, 2.05) is 0 Å². The molecule has 4 heteroatoms. The fourth-order valence-corrected chi connectivity index (χ4v) is 10.8. The van der Waals surface area contributed by atoms with E-state index in [-0.39, 0.29) is 0 Å². The minimum Gasteiger partial charge on any atom is -0.452 e. The molecule has 0 unspecified atom stereocenters. The summed E-state index contributed by atoms with van der Waals surface area (Å²) in [6, 6.07) is 78.5. The monoisotopic (exact) mass is 900 g/mol. The van der Waals surface area contributed by atoms with E-state index in [1.54, 1.807) is 0 Å². The Hall–Kier alpha value is -8.86. The molecule has 0 spiro atoms. The Labute approximate surface area is 406 Å². The minimum absolute atomic E-state index is 0.742. The van der Waals surface area contributed by atoms with Gasteiger partial charge in [0.15, 0.2) is 11.2 Å². The molecule has 11 aromatic carbocycles. The predicted octanol–water partition coefficient (Wildman–Crippen LogP) is 19.3. The van der Waals surface area contributed by atoms with Gasteiger partial charge in [-0.25, -0.2) is 0 Å². The van der Waals surface area contributed by atoms with E-state index < -0.39 is 0 Å². The highest BCUT2D eigenvalue weighted by Gasteiger charge is 2.28. The normalized spacial score (nSPS) is 11.7. The topological polar surface area (TPSA) is 32.8 Å². The van der Waals surface area contributed by atoms with Crippen molar-refractivity contribution < 1.29 is 8.83 Å². The Bertz CT molecular complexity index is 3880. The van der Waals surface area contributed by atoms with Crippen LogP contribution in [0.5, 0.6) is 0 Å². The van der Waals surface area contributed by atoms with Gasteiger partial charge in [-0.3, -0.25) is 0 Å². The first-order chi connectivity index (χ1) is 34.4. The first-order valence-electron chi connectivity index (χ1n) is 24.1. The van der Waals surface area contributed by atoms with E-state index in [9.17, 15) is 0 Å². The summed E-state index contributed by atoms with van der Waals surface area (Å²) in [5.74, 6) is 0. The molecule has 0 fully saturated rings. The van der Waals surface area contributed by atoms with Crippen LogP contribution in [0.2, 0.25) is 0 Å². The highest BCUT2D eigenvalue weighted by atomic mass is 16.4. The Morgan fingerprint density at radius 2 is 0.700 bits per heavy atom. The van der Waals surface area contributed by atoms with E-state index in [1.165, 1.54) is 22.3 Å². The highest BCUT2D eigenvalue weighted by molar-refractivity contribution is 6.31. The SMILES string of the molecule is Cc1cccc(N(c2ccccc2)c2ccc3cc4c(cc3c2)oc2c3oc5cc6cc(N(c7ccccc7)c7cccc(C)c7C)ccc6cc5c3c(-c3ccccc3)c(-c3ccccc3)c42)c1C. The maximum atomic E-state index is 7.21. The first kappa shape index (κ1) is 41.3. The third kappa shape index (κ3) is 6.67. The van der Waals surface area contributed by atoms with Crippen molar-refractivity contribution in [3.8, 4) is 22.3 Å². The summed E-state index contributed by atoms with van der Waals surface area (Å²) in [4.78, 5) is 4.72. The van der Waals surface area contributed by atoms with Crippen molar-refractivity contribution in [2.75, 3.05) is 9.80 Å². The van der Waals surface area contributed by atoms with Crippen molar-refractivity contribution in [3.63, 3.8) is 0 Å². The van der Waals surface area contributed by atoms with Gasteiger partial charge in [-0.15, -0.1) is 0 Å². The molecule has 0 aliphatic carbocycles. The van der Waals surface area contributed by atoms with Gasteiger partial charge in [0.05, 0.1) is 0 Å². The third-order valence-corrected chi connectivity index (χ3v) is 14.5. The van der Waals surface area contributed by atoms with Gasteiger partial charge in [0.2, 0.25) is 0 Å². The van der Waals surface area contributed by atoms with Crippen molar-refractivity contribution in [2.24, 2.45) is 0 Å². The van der Waals surface area contributed by atoms with Crippen LogP contribution >= 0.6 is 0 Å². The van der Waals surface area contributed by atoms with Gasteiger partial charge in [0, 0.05) is 66.8 Å². The maximum absolute atomic E-state index is 7.21. The van der Waals surface area contributed by atoms with Crippen molar-refractivity contribution in [2.45, 2.75) is 27.7 Å². The Morgan fingerprint density at radius 3 is 1.10 bits per heavy atom. The number of aryl methyl sites for hydroxylation is 2. The first-order valence-corrected chi connectivity index (χ1v) is 24.1. The number of furan rings is 2. The molecule has 70 heavy (non-hydrogen) atoms. The van der Waals surface area contributed by atoms with Crippen LogP contribution in [0.25, 0.3) is 87.7 Å². The predicted molar refractivity (Wildman–Crippen MR) is 295 cm³/mol. The molecule has 0 aliphatic heterocycles. The lowest BCUT2D eigenvalue weighted by Crippen LogP contribution is -2.11. The van der Waals surface area contributed by atoms with Gasteiger partial charge in [-0.1, -0.05) is 133 Å². The van der Waals surface area contributed by atoms with Gasteiger partial charge in [-0.05, 0) is 168 Å². The zero-order chi connectivity index (χ0) is 47.0. The van der Waals surface area contributed by atoms with Gasteiger partial charge in [0.1, 0.15) is 11.2 Å². The largest absolute Gasteiger partial charge is 0.452 e. The molecular formula is C66H48N2O2. The van der Waals surface area contributed by atoms with Crippen molar-refractivity contribution in [3.05, 3.63) is 241 Å². The van der Waals surface area contributed by atoms with Crippen molar-refractivity contribution >= 4 is 99.5 Å². The van der Waals surface area contributed by atoms with Crippen LogP contribution < -0.4 is 9.80 Å². The fourth-order valence-electron chi connectivity index (χ4n) is 10.8. The lowest BCUT2D eigenvalue weighted by Gasteiger charge is -2.28. The number of hydrogen-bond acceptors (Lipinski definition) is 4. The summed E-state index contributed by atoms with van der Waals surface area (Å²) in [5, 5.41) is 8.61. The molecule has 0 aliphatic rings. The average molecular weight is 901 g/mol. The number of hydrogen-bond donors (Lipinski definition) is 0. The molecule has 0 saturated carbocycles. The van der Waals surface area contributed by atoms with Gasteiger partial charge >= 0.3 is 0 Å². The number of para-hydroxylation sites is 2. The smallest absolute Gasteiger partial charge is 0.179 e. The second-order valence-electron chi connectivity index (χ2n) is 18.6. The average Bonchev–Trinajstić information content (AvgIpc) is 3.96. The number of anilines is 6. The van der Waals surface area contributed by atoms with Crippen LogP contribution in [0.1, 0.15) is 22.3 Å². The Balaban J connectivity index is 1.07. The maximum Gasteiger partial charge on any atom is 0.179 e. The summed E-state index contributed by atoms with van der Waals surface area (Å²) >= 11 is 0. The third-order valence-electron chi connectivity index (χ3n) is 14.5. The van der Waals surface area contributed by atoms with Crippen LogP contribution in [0, 0.1) is 27.7 Å². The number of benzene rings is 11. The van der Waals surface area contributed by atoms with Crippen molar-refractivity contribution in [1.29, 1.82) is 0 Å². The number of nitrogens with zero attached hydrogens (tertiary/aromatic N) is 2. The zero-order valence-corrected chi connectivity index (χ0v) is 39.5. The number of rotatable bonds is 8. The van der Waals surface area contributed by atoms with Crippen LogP contribution in [0.4, 0.5) is 34.1 Å². The summed E-state index contributed by atoms with van der Waals surface area (Å²) in [6.45, 7) is 8.77. The molecule has 4 nitrogen and oxygen atoms in total. The van der Waals surface area contributed by atoms with E-state index >= 15 is 0 Å². The molecule has 0 atom stereocenters. The standard InChI is InChI=1S/C66H48N2O2/c1-41-19-17-29-57(43(41)3)67(51-25-13-7-14-26-51)53-33-31-47-37-55-59(39-49(47)35-53)69-65-63(55)61(45-21-9-5-10-22-45)62(46-23-11-6-12-24-46)64-56-38-48-32-34-54(36-50(48)40-60(56)70-66(64)65)68(52-27-15-8-16-28-52)58-30-18-20-42(2)44(58)4/h5-40H,1-4H3. The minimum atomic E-state index is 0.742. The molecule has 0 amide bonds. The molecule has 0 bridgehead atoms. The summed E-state index contributed by atoms with van der Waals surface area (Å²) in [5.41, 5.74) is 19.3. The van der Waals surface area contributed by atoms with E-state index in [2.05, 4.69) is 256 Å². The Kier molecular flexibility index (Phi) is 9.70. The molecule has 13 rings (SSSR count). The molecule has 334 valence electrons. The van der Waals surface area contributed by atoms with E-state index in [0.717, 1.165) is 122 Å². The quantitative estimate of drug-likeness (QED) is 0.152. The number of fused-ring (bicyclic) bond motifs is 9. The lowest BCUT2D eigenvalue weighted by molar-refractivity contribution is 0.634. The van der Waals surface area contributed by atoms with Gasteiger partial charge in [-0.2, -0.15) is 0 Å². The summed E-state index contributed by atoms with van der Waals surface area (Å²) in [7, 11) is 0. The molecule has 2 aromatic heterocycles. The van der Waals surface area contributed by atoms with E-state index in [0.29, 0.717) is 0 Å². The molecule has 0 saturated heterocycles. The molecule has 13 aromatic rings.